The summed E-state index contributed by atoms with van der Waals surface area (Å²) in [4.78, 5) is 5.60. The Morgan fingerprint density at radius 1 is 1.08 bits per heavy atom. The van der Waals surface area contributed by atoms with Crippen LogP contribution in [0.1, 0.15) is 18.4 Å². The summed E-state index contributed by atoms with van der Waals surface area (Å²) in [6, 6.07) is 9.55. The summed E-state index contributed by atoms with van der Waals surface area (Å²) in [6.45, 7) is 0.907. The van der Waals surface area contributed by atoms with Crippen LogP contribution in [0.2, 0.25) is 5.02 Å². The number of rotatable bonds is 3. The van der Waals surface area contributed by atoms with Crippen LogP contribution in [0, 0.1) is 0 Å². The van der Waals surface area contributed by atoms with Gasteiger partial charge in [-0.2, -0.15) is 13.2 Å². The van der Waals surface area contributed by atoms with E-state index in [1.807, 2.05) is 12.1 Å². The average Bonchev–Trinajstić information content (AvgIpc) is 2.57. The fourth-order valence-electron chi connectivity index (χ4n) is 2.78. The molecule has 0 unspecified atom stereocenters. The molecule has 0 saturated carbocycles. The number of nitrogens with zero attached hydrogens (tertiary/aromatic N) is 2. The number of halogens is 4. The van der Waals surface area contributed by atoms with Gasteiger partial charge in [0.05, 0.1) is 10.6 Å². The molecule has 0 amide bonds. The van der Waals surface area contributed by atoms with E-state index in [0.29, 0.717) is 36.7 Å². The van der Waals surface area contributed by atoms with E-state index >= 15 is 0 Å². The van der Waals surface area contributed by atoms with E-state index in [2.05, 4.69) is 4.98 Å². The Labute approximate surface area is 143 Å². The number of benzene rings is 1. The summed E-state index contributed by atoms with van der Waals surface area (Å²) in [7, 11) is 0. The minimum Gasteiger partial charge on any atom is -0.489 e. The van der Waals surface area contributed by atoms with Gasteiger partial charge in [0.2, 0.25) is 0 Å². The minimum atomic E-state index is -4.41. The van der Waals surface area contributed by atoms with Gasteiger partial charge in [0, 0.05) is 32.1 Å². The quantitative estimate of drug-likeness (QED) is 0.789. The fourth-order valence-corrected chi connectivity index (χ4v) is 2.96. The number of ether oxygens (including phenoxy) is 1. The monoisotopic (exact) mass is 356 g/mol. The molecule has 1 saturated heterocycles. The zero-order valence-corrected chi connectivity index (χ0v) is 13.5. The van der Waals surface area contributed by atoms with Crippen molar-refractivity contribution in [1.29, 1.82) is 0 Å². The molecule has 2 aromatic rings. The maximum absolute atomic E-state index is 13.1. The number of anilines is 1. The lowest BCUT2D eigenvalue weighted by atomic mass is 10.1. The average molecular weight is 357 g/mol. The van der Waals surface area contributed by atoms with Crippen LogP contribution in [0.3, 0.4) is 0 Å². The van der Waals surface area contributed by atoms with Crippen molar-refractivity contribution < 1.29 is 17.9 Å². The van der Waals surface area contributed by atoms with Crippen LogP contribution in [0.5, 0.6) is 5.75 Å². The first kappa shape index (κ1) is 16.9. The molecule has 24 heavy (non-hydrogen) atoms. The van der Waals surface area contributed by atoms with Gasteiger partial charge in [0.1, 0.15) is 17.7 Å². The Morgan fingerprint density at radius 2 is 1.79 bits per heavy atom. The van der Waals surface area contributed by atoms with E-state index in [1.165, 1.54) is 12.3 Å². The third kappa shape index (κ3) is 3.75. The lowest BCUT2D eigenvalue weighted by molar-refractivity contribution is -0.137. The highest BCUT2D eigenvalue weighted by molar-refractivity contribution is 6.32. The van der Waals surface area contributed by atoms with Gasteiger partial charge in [0.15, 0.2) is 0 Å². The highest BCUT2D eigenvalue weighted by Crippen LogP contribution is 2.36. The van der Waals surface area contributed by atoms with Crippen LogP contribution in [-0.4, -0.2) is 24.2 Å². The number of para-hydroxylation sites is 1. The molecule has 0 bridgehead atoms. The van der Waals surface area contributed by atoms with Gasteiger partial charge in [-0.05, 0) is 24.3 Å². The van der Waals surface area contributed by atoms with Gasteiger partial charge in [-0.15, -0.1) is 0 Å². The smallest absolute Gasteiger partial charge is 0.419 e. The Morgan fingerprint density at radius 3 is 2.46 bits per heavy atom. The van der Waals surface area contributed by atoms with E-state index in [0.717, 1.165) is 6.07 Å². The van der Waals surface area contributed by atoms with Crippen molar-refractivity contribution in [1.82, 2.24) is 4.98 Å². The normalized spacial score (nSPS) is 16.2. The molecule has 1 aromatic carbocycles. The molecule has 3 nitrogen and oxygen atoms in total. The Kier molecular flexibility index (Phi) is 4.85. The molecule has 1 aliphatic rings. The van der Waals surface area contributed by atoms with Crippen molar-refractivity contribution in [3.63, 3.8) is 0 Å². The predicted octanol–water partition coefficient (Wildman–Crippen LogP) is 4.80. The summed E-state index contributed by atoms with van der Waals surface area (Å²) in [5.41, 5.74) is -0.699. The number of pyridine rings is 1. The van der Waals surface area contributed by atoms with Gasteiger partial charge in [-0.1, -0.05) is 23.7 Å². The maximum atomic E-state index is 13.1. The summed E-state index contributed by atoms with van der Waals surface area (Å²) >= 11 is 6.07. The molecule has 0 spiro atoms. The van der Waals surface area contributed by atoms with Crippen LogP contribution < -0.4 is 9.64 Å². The zero-order chi connectivity index (χ0) is 17.2. The molecule has 2 heterocycles. The van der Waals surface area contributed by atoms with E-state index in [-0.39, 0.29) is 11.9 Å². The first-order valence-corrected chi connectivity index (χ1v) is 8.01. The van der Waals surface area contributed by atoms with Crippen LogP contribution in [-0.2, 0) is 6.18 Å². The molecule has 0 N–H and O–H groups in total. The van der Waals surface area contributed by atoms with Crippen molar-refractivity contribution in [2.75, 3.05) is 18.0 Å². The topological polar surface area (TPSA) is 25.4 Å². The minimum absolute atomic E-state index is 0.0128. The molecule has 1 fully saturated rings. The molecule has 3 rings (SSSR count). The fraction of sp³-hybridized carbons (Fsp3) is 0.353. The number of hydrogen-bond acceptors (Lipinski definition) is 3. The Bertz CT molecular complexity index is 700. The summed E-state index contributed by atoms with van der Waals surface area (Å²) in [5, 5.41) is 0.531. The van der Waals surface area contributed by atoms with E-state index < -0.39 is 11.7 Å². The van der Waals surface area contributed by atoms with Crippen LogP contribution in [0.15, 0.2) is 42.6 Å². The Balaban J connectivity index is 1.67. The van der Waals surface area contributed by atoms with Gasteiger partial charge in [0.25, 0.3) is 0 Å². The van der Waals surface area contributed by atoms with Crippen LogP contribution in [0.4, 0.5) is 19.0 Å². The van der Waals surface area contributed by atoms with Crippen molar-refractivity contribution in [3.05, 3.63) is 53.2 Å². The summed E-state index contributed by atoms with van der Waals surface area (Å²) in [6.07, 6.45) is -1.87. The molecule has 1 aromatic heterocycles. The summed E-state index contributed by atoms with van der Waals surface area (Å²) in [5.74, 6) is 0.590. The van der Waals surface area contributed by atoms with E-state index in [1.54, 1.807) is 17.0 Å². The molecule has 0 radical (unpaired) electrons. The van der Waals surface area contributed by atoms with Crippen molar-refractivity contribution in [2.24, 2.45) is 0 Å². The molecular formula is C17H16ClF3N2O. The number of alkyl halides is 3. The molecule has 0 aliphatic carbocycles. The second kappa shape index (κ2) is 6.89. The van der Waals surface area contributed by atoms with Gasteiger partial charge in [-0.25, -0.2) is 4.98 Å². The first-order valence-electron chi connectivity index (χ1n) is 7.63. The van der Waals surface area contributed by atoms with Crippen LogP contribution >= 0.6 is 11.6 Å². The largest absolute Gasteiger partial charge is 0.489 e. The van der Waals surface area contributed by atoms with Gasteiger partial charge in [-0.3, -0.25) is 0 Å². The highest BCUT2D eigenvalue weighted by Gasteiger charge is 2.36. The lowest BCUT2D eigenvalue weighted by Crippen LogP contribution is -2.39. The molecule has 1 aliphatic heterocycles. The van der Waals surface area contributed by atoms with Crippen LogP contribution in [0.25, 0.3) is 0 Å². The third-order valence-corrected chi connectivity index (χ3v) is 4.28. The Hall–Kier alpha value is -1.95. The van der Waals surface area contributed by atoms with Gasteiger partial charge < -0.3 is 9.64 Å². The van der Waals surface area contributed by atoms with E-state index in [9.17, 15) is 13.2 Å². The highest BCUT2D eigenvalue weighted by atomic mass is 35.5. The van der Waals surface area contributed by atoms with Crippen molar-refractivity contribution >= 4 is 17.4 Å². The molecule has 0 atom stereocenters. The van der Waals surface area contributed by atoms with E-state index in [4.69, 9.17) is 16.3 Å². The molecule has 7 heteroatoms. The van der Waals surface area contributed by atoms with Gasteiger partial charge >= 0.3 is 6.18 Å². The standard InChI is InChI=1S/C17H16ClF3N2O/c18-14-5-1-2-6-15(14)24-12-7-10-23(11-8-12)16-13(17(19,20)21)4-3-9-22-16/h1-6,9,12H,7-8,10-11H2. The second-order valence-corrected chi connectivity index (χ2v) is 6.01. The van der Waals surface area contributed by atoms with Crippen molar-refractivity contribution in [2.45, 2.75) is 25.1 Å². The zero-order valence-electron chi connectivity index (χ0n) is 12.8. The molecule has 128 valence electrons. The molecular weight excluding hydrogens is 341 g/mol. The predicted molar refractivity (Wildman–Crippen MR) is 86.6 cm³/mol. The first-order chi connectivity index (χ1) is 11.4. The number of aromatic nitrogens is 1. The third-order valence-electron chi connectivity index (χ3n) is 3.96. The SMILES string of the molecule is FC(F)(F)c1cccnc1N1CCC(Oc2ccccc2Cl)CC1. The lowest BCUT2D eigenvalue weighted by Gasteiger charge is -2.34. The second-order valence-electron chi connectivity index (χ2n) is 5.61. The van der Waals surface area contributed by atoms with Crippen molar-refractivity contribution in [3.8, 4) is 5.75 Å². The number of piperidine rings is 1. The maximum Gasteiger partial charge on any atom is 0.419 e. The number of hydrogen-bond donors (Lipinski definition) is 0. The summed E-state index contributed by atoms with van der Waals surface area (Å²) < 4.78 is 45.2.